The summed E-state index contributed by atoms with van der Waals surface area (Å²) in [5.41, 5.74) is 1.62. The maximum atomic E-state index is 6.09. The Kier molecular flexibility index (Phi) is 4.69. The molecule has 3 atom stereocenters. The Hall–Kier alpha value is -0.510. The number of benzene rings is 1. The number of rotatable bonds is 4. The van der Waals surface area contributed by atoms with Gasteiger partial charge in [0.1, 0.15) is 0 Å². The van der Waals surface area contributed by atoms with Crippen LogP contribution in [0.3, 0.4) is 0 Å². The molecule has 3 rings (SSSR count). The van der Waals surface area contributed by atoms with Crippen molar-refractivity contribution in [2.75, 3.05) is 24.7 Å². The van der Waals surface area contributed by atoms with E-state index in [-0.39, 0.29) is 5.60 Å². The molecule has 2 saturated heterocycles. The van der Waals surface area contributed by atoms with Gasteiger partial charge in [-0.15, -0.1) is 0 Å². The highest BCUT2D eigenvalue weighted by molar-refractivity contribution is 7.99. The van der Waals surface area contributed by atoms with Gasteiger partial charge in [-0.1, -0.05) is 37.3 Å². The molecule has 1 aromatic carbocycles. The highest BCUT2D eigenvalue weighted by Gasteiger charge is 2.40. The summed E-state index contributed by atoms with van der Waals surface area (Å²) in [5, 5.41) is 3.78. The standard InChI is InChI=1S/C17H25NOS/c1-14(15-5-3-2-4-6-15)12-18-16-7-9-19-17(11-16)8-10-20-13-17/h2-6,14,16,18H,7-13H2,1H3. The predicted octanol–water partition coefficient (Wildman–Crippen LogP) is 3.43. The third kappa shape index (κ3) is 3.38. The van der Waals surface area contributed by atoms with Gasteiger partial charge in [-0.3, -0.25) is 0 Å². The van der Waals surface area contributed by atoms with E-state index in [2.05, 4.69) is 42.6 Å². The van der Waals surface area contributed by atoms with E-state index >= 15 is 0 Å². The van der Waals surface area contributed by atoms with Crippen LogP contribution in [-0.2, 0) is 4.74 Å². The van der Waals surface area contributed by atoms with Crippen molar-refractivity contribution in [1.82, 2.24) is 5.32 Å². The molecular formula is C17H25NOS. The van der Waals surface area contributed by atoms with Gasteiger partial charge in [-0.05, 0) is 36.5 Å². The molecule has 2 fully saturated rings. The lowest BCUT2D eigenvalue weighted by molar-refractivity contribution is -0.0701. The van der Waals surface area contributed by atoms with Crippen molar-refractivity contribution in [3.63, 3.8) is 0 Å². The zero-order valence-electron chi connectivity index (χ0n) is 12.3. The Morgan fingerprint density at radius 1 is 1.40 bits per heavy atom. The van der Waals surface area contributed by atoms with Gasteiger partial charge in [-0.2, -0.15) is 11.8 Å². The molecule has 3 heteroatoms. The summed E-state index contributed by atoms with van der Waals surface area (Å²) in [6.45, 7) is 4.30. The van der Waals surface area contributed by atoms with Crippen molar-refractivity contribution < 1.29 is 4.74 Å². The molecule has 1 N–H and O–H groups in total. The van der Waals surface area contributed by atoms with E-state index in [0.717, 1.165) is 19.6 Å². The summed E-state index contributed by atoms with van der Waals surface area (Å²) in [6.07, 6.45) is 3.60. The highest BCUT2D eigenvalue weighted by Crippen LogP contribution is 2.38. The lowest BCUT2D eigenvalue weighted by Gasteiger charge is -2.38. The average Bonchev–Trinajstić information content (AvgIpc) is 2.93. The van der Waals surface area contributed by atoms with Crippen molar-refractivity contribution in [3.8, 4) is 0 Å². The van der Waals surface area contributed by atoms with Crippen molar-refractivity contribution >= 4 is 11.8 Å². The van der Waals surface area contributed by atoms with E-state index in [1.165, 1.54) is 29.9 Å². The first kappa shape index (κ1) is 14.4. The monoisotopic (exact) mass is 291 g/mol. The van der Waals surface area contributed by atoms with Gasteiger partial charge in [0.15, 0.2) is 0 Å². The minimum atomic E-state index is 0.191. The second-order valence-electron chi connectivity index (χ2n) is 6.24. The first-order valence-electron chi connectivity index (χ1n) is 7.77. The second kappa shape index (κ2) is 6.50. The van der Waals surface area contributed by atoms with E-state index in [0.29, 0.717) is 12.0 Å². The molecule has 0 saturated carbocycles. The Balaban J connectivity index is 1.51. The van der Waals surface area contributed by atoms with E-state index < -0.39 is 0 Å². The van der Waals surface area contributed by atoms with Gasteiger partial charge in [0.05, 0.1) is 5.60 Å². The molecule has 1 aromatic rings. The number of thioether (sulfide) groups is 1. The van der Waals surface area contributed by atoms with Crippen LogP contribution < -0.4 is 5.32 Å². The normalized spacial score (nSPS) is 31.6. The van der Waals surface area contributed by atoms with Crippen LogP contribution in [-0.4, -0.2) is 36.3 Å². The molecule has 2 aliphatic rings. The Morgan fingerprint density at radius 3 is 3.00 bits per heavy atom. The highest BCUT2D eigenvalue weighted by atomic mass is 32.2. The first-order valence-corrected chi connectivity index (χ1v) is 8.93. The van der Waals surface area contributed by atoms with E-state index in [4.69, 9.17) is 4.74 Å². The van der Waals surface area contributed by atoms with Crippen molar-refractivity contribution in [1.29, 1.82) is 0 Å². The SMILES string of the molecule is CC(CNC1CCOC2(CCSC2)C1)c1ccccc1. The first-order chi connectivity index (χ1) is 9.77. The zero-order chi connectivity index (χ0) is 13.8. The third-order valence-electron chi connectivity index (χ3n) is 4.64. The van der Waals surface area contributed by atoms with Gasteiger partial charge < -0.3 is 10.1 Å². The molecular weight excluding hydrogens is 266 g/mol. The molecule has 2 heterocycles. The van der Waals surface area contributed by atoms with Gasteiger partial charge in [0.25, 0.3) is 0 Å². The lowest BCUT2D eigenvalue weighted by atomic mass is 9.89. The quantitative estimate of drug-likeness (QED) is 0.918. The van der Waals surface area contributed by atoms with Gasteiger partial charge in [0.2, 0.25) is 0 Å². The molecule has 110 valence electrons. The molecule has 1 spiro atoms. The fourth-order valence-corrected chi connectivity index (χ4v) is 4.69. The van der Waals surface area contributed by atoms with E-state index in [1.807, 2.05) is 11.8 Å². The van der Waals surface area contributed by atoms with Gasteiger partial charge in [-0.25, -0.2) is 0 Å². The fraction of sp³-hybridized carbons (Fsp3) is 0.647. The zero-order valence-corrected chi connectivity index (χ0v) is 13.1. The number of hydrogen-bond acceptors (Lipinski definition) is 3. The van der Waals surface area contributed by atoms with Crippen molar-refractivity contribution in [2.24, 2.45) is 0 Å². The predicted molar refractivity (Wildman–Crippen MR) is 86.5 cm³/mol. The van der Waals surface area contributed by atoms with Crippen LogP contribution in [0.1, 0.15) is 37.7 Å². The topological polar surface area (TPSA) is 21.3 Å². The van der Waals surface area contributed by atoms with E-state index in [9.17, 15) is 0 Å². The summed E-state index contributed by atoms with van der Waals surface area (Å²) in [5.74, 6) is 3.04. The van der Waals surface area contributed by atoms with Crippen LogP contribution in [0.25, 0.3) is 0 Å². The number of ether oxygens (including phenoxy) is 1. The van der Waals surface area contributed by atoms with Gasteiger partial charge >= 0.3 is 0 Å². The average molecular weight is 291 g/mol. The maximum Gasteiger partial charge on any atom is 0.0795 e. The minimum Gasteiger partial charge on any atom is -0.374 e. The third-order valence-corrected chi connectivity index (χ3v) is 5.86. The van der Waals surface area contributed by atoms with Gasteiger partial charge in [0, 0.05) is 24.9 Å². The molecule has 0 aromatic heterocycles. The van der Waals surface area contributed by atoms with Crippen LogP contribution in [0.5, 0.6) is 0 Å². The van der Waals surface area contributed by atoms with Crippen molar-refractivity contribution in [3.05, 3.63) is 35.9 Å². The molecule has 3 unspecified atom stereocenters. The van der Waals surface area contributed by atoms with Crippen LogP contribution in [0, 0.1) is 0 Å². The Labute approximate surface area is 126 Å². The van der Waals surface area contributed by atoms with E-state index in [1.54, 1.807) is 0 Å². The Morgan fingerprint density at radius 2 is 2.25 bits per heavy atom. The van der Waals surface area contributed by atoms with Crippen LogP contribution in [0.4, 0.5) is 0 Å². The molecule has 2 aliphatic heterocycles. The van der Waals surface area contributed by atoms with Crippen LogP contribution >= 0.6 is 11.8 Å². The summed E-state index contributed by atoms with van der Waals surface area (Å²) < 4.78 is 6.09. The maximum absolute atomic E-state index is 6.09. The number of hydrogen-bond donors (Lipinski definition) is 1. The van der Waals surface area contributed by atoms with Crippen LogP contribution in [0.15, 0.2) is 30.3 Å². The molecule has 0 amide bonds. The lowest BCUT2D eigenvalue weighted by Crippen LogP contribution is -2.47. The van der Waals surface area contributed by atoms with Crippen LogP contribution in [0.2, 0.25) is 0 Å². The number of nitrogens with one attached hydrogen (secondary N) is 1. The molecule has 20 heavy (non-hydrogen) atoms. The fourth-order valence-electron chi connectivity index (χ4n) is 3.31. The summed E-state index contributed by atoms with van der Waals surface area (Å²) in [6, 6.07) is 11.4. The molecule has 2 nitrogen and oxygen atoms in total. The summed E-state index contributed by atoms with van der Waals surface area (Å²) in [4.78, 5) is 0. The summed E-state index contributed by atoms with van der Waals surface area (Å²) in [7, 11) is 0. The molecule has 0 radical (unpaired) electrons. The molecule has 0 bridgehead atoms. The minimum absolute atomic E-state index is 0.191. The summed E-state index contributed by atoms with van der Waals surface area (Å²) >= 11 is 2.05. The smallest absolute Gasteiger partial charge is 0.0795 e. The Bertz CT molecular complexity index is 416. The molecule has 0 aliphatic carbocycles. The second-order valence-corrected chi connectivity index (χ2v) is 7.35. The largest absolute Gasteiger partial charge is 0.374 e. The van der Waals surface area contributed by atoms with Crippen molar-refractivity contribution in [2.45, 2.75) is 43.7 Å².